The molecule has 3 rings (SSSR count). The molecule has 1 amide bonds. The minimum Gasteiger partial charge on any atom is -0.481 e. The smallest absolute Gasteiger partial charge is 0.252 e. The van der Waals surface area contributed by atoms with Crippen LogP contribution in [0.1, 0.15) is 40.7 Å². The highest BCUT2D eigenvalue weighted by molar-refractivity contribution is 5.93. The predicted molar refractivity (Wildman–Crippen MR) is 93.4 cm³/mol. The van der Waals surface area contributed by atoms with Gasteiger partial charge in [-0.15, -0.1) is 0 Å². The SMILES string of the molecule is CCc1nn(C)c(OC)c1CNCC1CCn2ncc(C(N)=O)c2C1. The second kappa shape index (κ2) is 7.26. The quantitative estimate of drug-likeness (QED) is 0.766. The summed E-state index contributed by atoms with van der Waals surface area (Å²) in [5.74, 6) is 0.861. The van der Waals surface area contributed by atoms with Crippen LogP contribution < -0.4 is 15.8 Å². The zero-order chi connectivity index (χ0) is 18.0. The van der Waals surface area contributed by atoms with Crippen LogP contribution in [0.2, 0.25) is 0 Å². The number of rotatable bonds is 7. The van der Waals surface area contributed by atoms with Gasteiger partial charge in [-0.25, -0.2) is 4.68 Å². The van der Waals surface area contributed by atoms with Gasteiger partial charge in [0.25, 0.3) is 5.91 Å². The van der Waals surface area contributed by atoms with E-state index in [1.54, 1.807) is 18.0 Å². The van der Waals surface area contributed by atoms with E-state index in [9.17, 15) is 4.79 Å². The number of methoxy groups -OCH3 is 1. The maximum atomic E-state index is 11.5. The maximum absolute atomic E-state index is 11.5. The molecule has 0 fully saturated rings. The van der Waals surface area contributed by atoms with Crippen LogP contribution in [-0.2, 0) is 33.0 Å². The molecule has 2 aromatic rings. The zero-order valence-electron chi connectivity index (χ0n) is 15.1. The highest BCUT2D eigenvalue weighted by Gasteiger charge is 2.24. The molecular formula is C17H26N6O2. The van der Waals surface area contributed by atoms with E-state index in [2.05, 4.69) is 22.4 Å². The monoisotopic (exact) mass is 346 g/mol. The third-order valence-corrected chi connectivity index (χ3v) is 4.88. The molecule has 1 aliphatic rings. The summed E-state index contributed by atoms with van der Waals surface area (Å²) in [6, 6.07) is 0. The van der Waals surface area contributed by atoms with Crippen molar-refractivity contribution in [3.63, 3.8) is 0 Å². The lowest BCUT2D eigenvalue weighted by molar-refractivity contribution is 0.0998. The number of nitrogens with one attached hydrogen (secondary N) is 1. The highest BCUT2D eigenvalue weighted by atomic mass is 16.5. The lowest BCUT2D eigenvalue weighted by atomic mass is 9.94. The molecule has 25 heavy (non-hydrogen) atoms. The number of primary amides is 1. The number of nitrogens with two attached hydrogens (primary N) is 1. The van der Waals surface area contributed by atoms with Crippen molar-refractivity contribution in [1.29, 1.82) is 0 Å². The molecule has 0 aromatic carbocycles. The normalized spacial score (nSPS) is 16.7. The Bertz CT molecular complexity index is 764. The summed E-state index contributed by atoms with van der Waals surface area (Å²) in [6.07, 6.45) is 4.31. The fourth-order valence-corrected chi connectivity index (χ4v) is 3.60. The topological polar surface area (TPSA) is 100.0 Å². The molecule has 8 nitrogen and oxygen atoms in total. The van der Waals surface area contributed by atoms with E-state index in [4.69, 9.17) is 10.5 Å². The van der Waals surface area contributed by atoms with Crippen molar-refractivity contribution in [2.45, 2.75) is 39.3 Å². The van der Waals surface area contributed by atoms with Crippen LogP contribution in [0.25, 0.3) is 0 Å². The van der Waals surface area contributed by atoms with Crippen molar-refractivity contribution in [1.82, 2.24) is 24.9 Å². The van der Waals surface area contributed by atoms with E-state index >= 15 is 0 Å². The number of aromatic nitrogens is 4. The van der Waals surface area contributed by atoms with Crippen LogP contribution in [0.4, 0.5) is 0 Å². The van der Waals surface area contributed by atoms with E-state index < -0.39 is 5.91 Å². The molecule has 0 bridgehead atoms. The summed E-state index contributed by atoms with van der Waals surface area (Å²) in [7, 11) is 3.57. The molecular weight excluding hydrogens is 320 g/mol. The molecule has 0 radical (unpaired) electrons. The van der Waals surface area contributed by atoms with E-state index in [0.29, 0.717) is 11.5 Å². The van der Waals surface area contributed by atoms with E-state index in [-0.39, 0.29) is 0 Å². The van der Waals surface area contributed by atoms with Crippen LogP contribution in [-0.4, -0.2) is 39.1 Å². The first kappa shape index (κ1) is 17.5. The number of fused-ring (bicyclic) bond motifs is 1. The number of hydrogen-bond donors (Lipinski definition) is 2. The van der Waals surface area contributed by atoms with E-state index in [1.807, 2.05) is 11.7 Å². The van der Waals surface area contributed by atoms with Gasteiger partial charge < -0.3 is 15.8 Å². The molecule has 1 unspecified atom stereocenters. The van der Waals surface area contributed by atoms with Crippen LogP contribution in [0.5, 0.6) is 5.88 Å². The molecule has 0 aliphatic carbocycles. The molecule has 136 valence electrons. The molecule has 8 heteroatoms. The molecule has 3 heterocycles. The van der Waals surface area contributed by atoms with Crippen molar-refractivity contribution in [3.05, 3.63) is 28.7 Å². The lowest BCUT2D eigenvalue weighted by Gasteiger charge is -2.24. The van der Waals surface area contributed by atoms with Gasteiger partial charge in [0.05, 0.1) is 35.8 Å². The van der Waals surface area contributed by atoms with Gasteiger partial charge in [0.15, 0.2) is 0 Å². The average molecular weight is 346 g/mol. The maximum Gasteiger partial charge on any atom is 0.252 e. The van der Waals surface area contributed by atoms with Gasteiger partial charge in [0.1, 0.15) is 0 Å². The van der Waals surface area contributed by atoms with Crippen LogP contribution >= 0.6 is 0 Å². The van der Waals surface area contributed by atoms with Gasteiger partial charge in [0.2, 0.25) is 5.88 Å². The van der Waals surface area contributed by atoms with Gasteiger partial charge in [-0.05, 0) is 31.7 Å². The van der Waals surface area contributed by atoms with E-state index in [1.165, 1.54) is 0 Å². The van der Waals surface area contributed by atoms with Crippen molar-refractivity contribution in [2.24, 2.45) is 18.7 Å². The van der Waals surface area contributed by atoms with Crippen molar-refractivity contribution < 1.29 is 9.53 Å². The summed E-state index contributed by atoms with van der Waals surface area (Å²) in [4.78, 5) is 11.5. The fourth-order valence-electron chi connectivity index (χ4n) is 3.60. The Labute approximate surface area is 147 Å². The van der Waals surface area contributed by atoms with Crippen LogP contribution in [0, 0.1) is 5.92 Å². The number of carbonyl (C=O) groups is 1. The number of ether oxygens (including phenoxy) is 1. The molecule has 1 aliphatic heterocycles. The third-order valence-electron chi connectivity index (χ3n) is 4.88. The molecule has 0 spiro atoms. The predicted octanol–water partition coefficient (Wildman–Crippen LogP) is 0.639. The summed E-state index contributed by atoms with van der Waals surface area (Å²) >= 11 is 0. The highest BCUT2D eigenvalue weighted by Crippen LogP contribution is 2.24. The summed E-state index contributed by atoms with van der Waals surface area (Å²) in [5.41, 5.74) is 9.12. The van der Waals surface area contributed by atoms with Crippen LogP contribution in [0.15, 0.2) is 6.20 Å². The third kappa shape index (κ3) is 3.39. The Kier molecular flexibility index (Phi) is 5.08. The Morgan fingerprint density at radius 1 is 1.52 bits per heavy atom. The lowest BCUT2D eigenvalue weighted by Crippen LogP contribution is -2.30. The Morgan fingerprint density at radius 2 is 2.32 bits per heavy atom. The van der Waals surface area contributed by atoms with Gasteiger partial charge in [-0.3, -0.25) is 9.48 Å². The van der Waals surface area contributed by atoms with Crippen LogP contribution in [0.3, 0.4) is 0 Å². The minimum absolute atomic E-state index is 0.400. The Balaban J connectivity index is 1.62. The molecule has 0 saturated carbocycles. The first-order chi connectivity index (χ1) is 12.0. The number of aryl methyl sites for hydroxylation is 3. The second-order valence-corrected chi connectivity index (χ2v) is 6.49. The minimum atomic E-state index is -0.400. The molecule has 1 atom stereocenters. The summed E-state index contributed by atoms with van der Waals surface area (Å²) in [6.45, 7) is 4.51. The summed E-state index contributed by atoms with van der Waals surface area (Å²) in [5, 5.41) is 12.3. The Hall–Kier alpha value is -2.35. The average Bonchev–Trinajstić information content (AvgIpc) is 3.15. The van der Waals surface area contributed by atoms with Gasteiger partial charge >= 0.3 is 0 Å². The summed E-state index contributed by atoms with van der Waals surface area (Å²) < 4.78 is 9.16. The molecule has 2 aromatic heterocycles. The number of hydrogen-bond acceptors (Lipinski definition) is 5. The number of amides is 1. The first-order valence-corrected chi connectivity index (χ1v) is 8.69. The number of nitrogens with zero attached hydrogens (tertiary/aromatic N) is 4. The molecule has 3 N–H and O–H groups in total. The van der Waals surface area contributed by atoms with E-state index in [0.717, 1.165) is 61.7 Å². The first-order valence-electron chi connectivity index (χ1n) is 8.69. The zero-order valence-corrected chi connectivity index (χ0v) is 15.1. The largest absolute Gasteiger partial charge is 0.481 e. The fraction of sp³-hybridized carbons (Fsp3) is 0.588. The Morgan fingerprint density at radius 3 is 3.00 bits per heavy atom. The number of carbonyl (C=O) groups excluding carboxylic acids is 1. The second-order valence-electron chi connectivity index (χ2n) is 6.49. The van der Waals surface area contributed by atoms with Crippen molar-refractivity contribution in [3.8, 4) is 5.88 Å². The standard InChI is InChI=1S/C17H26N6O2/c1-4-14-12(17(25-3)22(2)21-14)9-19-8-11-5-6-23-15(7-11)13(10-20-23)16(18)24/h10-11,19H,4-9H2,1-3H3,(H2,18,24). The molecule has 0 saturated heterocycles. The van der Waals surface area contributed by atoms with Gasteiger partial charge in [-0.2, -0.15) is 10.2 Å². The van der Waals surface area contributed by atoms with Crippen molar-refractivity contribution in [2.75, 3.05) is 13.7 Å². The van der Waals surface area contributed by atoms with Gasteiger partial charge in [-0.1, -0.05) is 6.92 Å². The van der Waals surface area contributed by atoms with Gasteiger partial charge in [0, 0.05) is 20.1 Å². The van der Waals surface area contributed by atoms with Crippen molar-refractivity contribution >= 4 is 5.91 Å².